The number of carbonyl (C=O) groups excluding carboxylic acids is 1. The maximum Gasteiger partial charge on any atom is 0.508 e. The summed E-state index contributed by atoms with van der Waals surface area (Å²) in [6.07, 6.45) is 12.1. The Morgan fingerprint density at radius 3 is 1.25 bits per heavy atom. The molecule has 6 nitrogen and oxygen atoms in total. The van der Waals surface area contributed by atoms with Gasteiger partial charge in [-0.05, 0) is 12.8 Å². The van der Waals surface area contributed by atoms with Crippen molar-refractivity contribution in [1.29, 1.82) is 0 Å². The molecule has 0 aliphatic rings. The topological polar surface area (TPSA) is 93.1 Å². The van der Waals surface area contributed by atoms with Crippen LogP contribution in [0.5, 0.6) is 0 Å². The first-order chi connectivity index (χ1) is 11.5. The molecule has 0 aliphatic heterocycles. The highest BCUT2D eigenvalue weighted by molar-refractivity contribution is 5.59. The molecule has 0 amide bonds. The molecule has 0 unspecified atom stereocenters. The summed E-state index contributed by atoms with van der Waals surface area (Å²) in [7, 11) is 0. The van der Waals surface area contributed by atoms with Gasteiger partial charge in [-0.2, -0.15) is 0 Å². The first-order valence-corrected chi connectivity index (χ1v) is 9.26. The van der Waals surface area contributed by atoms with Crippen molar-refractivity contribution >= 4 is 12.3 Å². The Labute approximate surface area is 146 Å². The van der Waals surface area contributed by atoms with Crippen LogP contribution < -0.4 is 0 Å². The lowest BCUT2D eigenvalue weighted by Gasteiger charge is -2.06. The van der Waals surface area contributed by atoms with Crippen molar-refractivity contribution in [3.05, 3.63) is 0 Å². The molecule has 0 fully saturated rings. The van der Waals surface area contributed by atoms with Gasteiger partial charge in [-0.3, -0.25) is 0 Å². The van der Waals surface area contributed by atoms with Crippen molar-refractivity contribution in [1.82, 2.24) is 0 Å². The molecule has 0 bridgehead atoms. The van der Waals surface area contributed by atoms with Crippen LogP contribution >= 0.6 is 0 Å². The third-order valence-corrected chi connectivity index (χ3v) is 3.44. The van der Waals surface area contributed by atoms with E-state index in [1.165, 1.54) is 51.4 Å². The second-order valence-electron chi connectivity index (χ2n) is 5.77. The minimum atomic E-state index is -1.83. The Balaban J connectivity index is 0. The minimum absolute atomic E-state index is 0.493. The third-order valence-electron chi connectivity index (χ3n) is 3.44. The van der Waals surface area contributed by atoms with E-state index in [2.05, 4.69) is 13.8 Å². The molecule has 0 aromatic carbocycles. The van der Waals surface area contributed by atoms with Gasteiger partial charge in [0.2, 0.25) is 0 Å². The van der Waals surface area contributed by atoms with Gasteiger partial charge in [0.15, 0.2) is 0 Å². The van der Waals surface area contributed by atoms with Crippen LogP contribution in [0.4, 0.5) is 9.59 Å². The van der Waals surface area contributed by atoms with Crippen LogP contribution in [0, 0.1) is 0 Å². The van der Waals surface area contributed by atoms with Crippen molar-refractivity contribution in [2.24, 2.45) is 0 Å². The largest absolute Gasteiger partial charge is 0.508 e. The SMILES string of the molecule is CCCCCCCCOC(=O)OCCCCCCCC.O=C(O)O. The van der Waals surface area contributed by atoms with Gasteiger partial charge >= 0.3 is 12.3 Å². The molecule has 0 radical (unpaired) electrons. The molecule has 2 N–H and O–H groups in total. The van der Waals surface area contributed by atoms with E-state index in [9.17, 15) is 4.79 Å². The quantitative estimate of drug-likeness (QED) is 0.292. The summed E-state index contributed by atoms with van der Waals surface area (Å²) in [4.78, 5) is 19.8. The lowest BCUT2D eigenvalue weighted by atomic mass is 10.1. The molecular weight excluding hydrogens is 312 g/mol. The molecular formula is C18H36O6. The summed E-state index contributed by atoms with van der Waals surface area (Å²) >= 11 is 0. The Bertz CT molecular complexity index is 257. The Morgan fingerprint density at radius 2 is 0.917 bits per heavy atom. The Morgan fingerprint density at radius 1 is 0.625 bits per heavy atom. The highest BCUT2D eigenvalue weighted by Gasteiger charge is 2.02. The van der Waals surface area contributed by atoms with E-state index in [1.54, 1.807) is 0 Å². The van der Waals surface area contributed by atoms with Crippen molar-refractivity contribution < 1.29 is 29.3 Å². The van der Waals surface area contributed by atoms with Crippen LogP contribution in [0.1, 0.15) is 90.9 Å². The average molecular weight is 348 g/mol. The molecule has 0 aliphatic carbocycles. The van der Waals surface area contributed by atoms with Gasteiger partial charge in [-0.25, -0.2) is 9.59 Å². The van der Waals surface area contributed by atoms with Gasteiger partial charge in [0.1, 0.15) is 0 Å². The summed E-state index contributed by atoms with van der Waals surface area (Å²) in [6.45, 7) is 5.43. The van der Waals surface area contributed by atoms with Crippen molar-refractivity contribution in [2.45, 2.75) is 90.9 Å². The molecule has 24 heavy (non-hydrogen) atoms. The molecule has 144 valence electrons. The zero-order valence-corrected chi connectivity index (χ0v) is 15.4. The summed E-state index contributed by atoms with van der Waals surface area (Å²) in [6, 6.07) is 0. The van der Waals surface area contributed by atoms with E-state index in [-0.39, 0.29) is 0 Å². The molecule has 0 aromatic heterocycles. The predicted octanol–water partition coefficient (Wildman–Crippen LogP) is 6.08. The molecule has 0 saturated heterocycles. The van der Waals surface area contributed by atoms with Crippen LogP contribution in [-0.2, 0) is 9.47 Å². The van der Waals surface area contributed by atoms with Crippen LogP contribution in [0.3, 0.4) is 0 Å². The zero-order chi connectivity index (χ0) is 18.5. The van der Waals surface area contributed by atoms with Gasteiger partial charge in [0.05, 0.1) is 13.2 Å². The standard InChI is InChI=1S/C17H34O3.CH2O3/c1-3-5-7-9-11-13-15-19-17(18)20-16-14-12-10-8-6-4-2;2-1(3)4/h3-16H2,1-2H3;(H2,2,3,4). The van der Waals surface area contributed by atoms with E-state index in [0.29, 0.717) is 13.2 Å². The number of ether oxygens (including phenoxy) is 2. The van der Waals surface area contributed by atoms with Gasteiger partial charge in [-0.15, -0.1) is 0 Å². The maximum atomic E-state index is 11.3. The number of rotatable bonds is 14. The number of carboxylic acid groups (broad SMARTS) is 2. The fraction of sp³-hybridized carbons (Fsp3) is 0.889. The second-order valence-corrected chi connectivity index (χ2v) is 5.77. The molecule has 0 spiro atoms. The number of carbonyl (C=O) groups is 2. The minimum Gasteiger partial charge on any atom is -0.450 e. The van der Waals surface area contributed by atoms with Gasteiger partial charge in [0.25, 0.3) is 0 Å². The summed E-state index contributed by atoms with van der Waals surface area (Å²) in [5.41, 5.74) is 0. The fourth-order valence-corrected chi connectivity index (χ4v) is 2.12. The van der Waals surface area contributed by atoms with E-state index < -0.39 is 12.3 Å². The number of hydrogen-bond acceptors (Lipinski definition) is 4. The number of unbranched alkanes of at least 4 members (excludes halogenated alkanes) is 10. The van der Waals surface area contributed by atoms with Crippen LogP contribution in [-0.4, -0.2) is 35.7 Å². The van der Waals surface area contributed by atoms with E-state index >= 15 is 0 Å². The fourth-order valence-electron chi connectivity index (χ4n) is 2.12. The van der Waals surface area contributed by atoms with Crippen LogP contribution in [0.25, 0.3) is 0 Å². The zero-order valence-electron chi connectivity index (χ0n) is 15.4. The maximum absolute atomic E-state index is 11.3. The first kappa shape index (κ1) is 24.8. The summed E-state index contributed by atoms with van der Waals surface area (Å²) in [5, 5.41) is 13.9. The Kier molecular flexibility index (Phi) is 22.2. The molecule has 0 saturated carbocycles. The van der Waals surface area contributed by atoms with E-state index in [1.807, 2.05) is 0 Å². The van der Waals surface area contributed by atoms with Crippen LogP contribution in [0.15, 0.2) is 0 Å². The molecule has 0 heterocycles. The van der Waals surface area contributed by atoms with Crippen molar-refractivity contribution in [2.75, 3.05) is 13.2 Å². The molecule has 0 rings (SSSR count). The van der Waals surface area contributed by atoms with E-state index in [4.69, 9.17) is 24.5 Å². The molecule has 0 atom stereocenters. The normalized spacial score (nSPS) is 9.75. The van der Waals surface area contributed by atoms with E-state index in [0.717, 1.165) is 25.7 Å². The monoisotopic (exact) mass is 348 g/mol. The Hall–Kier alpha value is -1.46. The van der Waals surface area contributed by atoms with Gasteiger partial charge in [0, 0.05) is 0 Å². The second kappa shape index (κ2) is 21.5. The van der Waals surface area contributed by atoms with Crippen molar-refractivity contribution in [3.8, 4) is 0 Å². The van der Waals surface area contributed by atoms with Crippen molar-refractivity contribution in [3.63, 3.8) is 0 Å². The number of hydrogen-bond donors (Lipinski definition) is 2. The summed E-state index contributed by atoms with van der Waals surface area (Å²) in [5.74, 6) is 0. The predicted molar refractivity (Wildman–Crippen MR) is 94.7 cm³/mol. The highest BCUT2D eigenvalue weighted by Crippen LogP contribution is 2.06. The lowest BCUT2D eigenvalue weighted by Crippen LogP contribution is -2.09. The first-order valence-electron chi connectivity index (χ1n) is 9.26. The third kappa shape index (κ3) is 28.7. The molecule has 6 heteroatoms. The average Bonchev–Trinajstić information content (AvgIpc) is 2.52. The van der Waals surface area contributed by atoms with Crippen LogP contribution in [0.2, 0.25) is 0 Å². The summed E-state index contributed by atoms with van der Waals surface area (Å²) < 4.78 is 10.1. The van der Waals surface area contributed by atoms with Gasteiger partial charge < -0.3 is 19.7 Å². The highest BCUT2D eigenvalue weighted by atomic mass is 16.7. The smallest absolute Gasteiger partial charge is 0.450 e. The lowest BCUT2D eigenvalue weighted by molar-refractivity contribution is 0.0528. The molecule has 0 aromatic rings. The van der Waals surface area contributed by atoms with Gasteiger partial charge in [-0.1, -0.05) is 78.1 Å².